The number of carbonyl (C=O) groups is 1. The van der Waals surface area contributed by atoms with E-state index in [0.29, 0.717) is 0 Å². The van der Waals surface area contributed by atoms with E-state index in [9.17, 15) is 4.79 Å². The van der Waals surface area contributed by atoms with E-state index in [1.807, 2.05) is 97.1 Å². The van der Waals surface area contributed by atoms with Gasteiger partial charge in [-0.25, -0.2) is 0 Å². The van der Waals surface area contributed by atoms with Gasteiger partial charge in [-0.05, 0) is 28.8 Å². The van der Waals surface area contributed by atoms with Crippen LogP contribution in [-0.4, -0.2) is 12.1 Å². The highest BCUT2D eigenvalue weighted by Gasteiger charge is 2.47. The molecule has 0 bridgehead atoms. The maximum Gasteiger partial charge on any atom is 0.226 e. The first-order chi connectivity index (χ1) is 16.2. The molecule has 0 saturated carbocycles. The highest BCUT2D eigenvalue weighted by Crippen LogP contribution is 2.49. The van der Waals surface area contributed by atoms with Gasteiger partial charge in [0.05, 0.1) is 5.69 Å². The molecule has 4 aromatic rings. The average Bonchev–Trinajstić information content (AvgIpc) is 2.88. The van der Waals surface area contributed by atoms with Crippen molar-refractivity contribution >= 4 is 17.7 Å². The molecule has 1 amide bonds. The van der Waals surface area contributed by atoms with E-state index in [1.165, 1.54) is 0 Å². The summed E-state index contributed by atoms with van der Waals surface area (Å²) in [6, 6.07) is 38.6. The Morgan fingerprint density at radius 3 is 1.85 bits per heavy atom. The Morgan fingerprint density at radius 1 is 0.758 bits per heavy atom. The van der Waals surface area contributed by atoms with Crippen LogP contribution in [0, 0.1) is 0 Å². The number of ether oxygens (including phenoxy) is 1. The first kappa shape index (κ1) is 20.9. The normalized spacial score (nSPS) is 17.0. The molecule has 0 aliphatic carbocycles. The SMILES string of the molecule is CC(=O)N1c2ccccc2C(c2ccccc2)(c2ccccc2)OC1/C=C/c1ccccc1. The summed E-state index contributed by atoms with van der Waals surface area (Å²) in [6.07, 6.45) is 3.39. The number of fused-ring (bicyclic) bond motifs is 1. The van der Waals surface area contributed by atoms with Crippen LogP contribution in [0.1, 0.15) is 29.2 Å². The highest BCUT2D eigenvalue weighted by atomic mass is 16.5. The number of benzene rings is 4. The third kappa shape index (κ3) is 3.77. The van der Waals surface area contributed by atoms with E-state index in [2.05, 4.69) is 30.3 Å². The third-order valence-corrected chi connectivity index (χ3v) is 6.05. The molecule has 0 fully saturated rings. The number of hydrogen-bond acceptors (Lipinski definition) is 2. The van der Waals surface area contributed by atoms with Crippen LogP contribution in [0.4, 0.5) is 5.69 Å². The van der Waals surface area contributed by atoms with Crippen LogP contribution in [0.25, 0.3) is 6.08 Å². The summed E-state index contributed by atoms with van der Waals surface area (Å²) in [5.41, 5.74) is 4.02. The lowest BCUT2D eigenvalue weighted by Gasteiger charge is -2.47. The van der Waals surface area contributed by atoms with Gasteiger partial charge >= 0.3 is 0 Å². The molecule has 1 atom stereocenters. The van der Waals surface area contributed by atoms with Crippen molar-refractivity contribution in [3.05, 3.63) is 144 Å². The molecule has 0 N–H and O–H groups in total. The summed E-state index contributed by atoms with van der Waals surface area (Å²) in [5.74, 6) is -0.0696. The zero-order valence-electron chi connectivity index (χ0n) is 18.5. The number of carbonyl (C=O) groups excluding carboxylic acids is 1. The molecule has 3 heteroatoms. The maximum absolute atomic E-state index is 12.9. The molecule has 4 aromatic carbocycles. The van der Waals surface area contributed by atoms with Gasteiger partial charge in [-0.1, -0.05) is 115 Å². The van der Waals surface area contributed by atoms with Crippen molar-refractivity contribution in [2.24, 2.45) is 0 Å². The second-order valence-electron chi connectivity index (χ2n) is 8.10. The molecule has 33 heavy (non-hydrogen) atoms. The zero-order chi connectivity index (χ0) is 22.7. The summed E-state index contributed by atoms with van der Waals surface area (Å²) >= 11 is 0. The van der Waals surface area contributed by atoms with E-state index in [1.54, 1.807) is 11.8 Å². The van der Waals surface area contributed by atoms with Gasteiger partial charge in [-0.15, -0.1) is 0 Å². The van der Waals surface area contributed by atoms with Gasteiger partial charge in [0.25, 0.3) is 0 Å². The number of para-hydroxylation sites is 1. The van der Waals surface area contributed by atoms with Crippen LogP contribution in [0.3, 0.4) is 0 Å². The highest BCUT2D eigenvalue weighted by molar-refractivity contribution is 5.94. The average molecular weight is 432 g/mol. The molecule has 0 spiro atoms. The van der Waals surface area contributed by atoms with Gasteiger partial charge in [0, 0.05) is 12.5 Å². The van der Waals surface area contributed by atoms with E-state index >= 15 is 0 Å². The van der Waals surface area contributed by atoms with Crippen LogP contribution >= 0.6 is 0 Å². The van der Waals surface area contributed by atoms with Crippen LogP contribution in [-0.2, 0) is 15.1 Å². The van der Waals surface area contributed by atoms with Crippen LogP contribution in [0.2, 0.25) is 0 Å². The molecular formula is C30H25NO2. The monoisotopic (exact) mass is 431 g/mol. The molecule has 3 nitrogen and oxygen atoms in total. The topological polar surface area (TPSA) is 29.5 Å². The number of amides is 1. The molecule has 0 saturated heterocycles. The largest absolute Gasteiger partial charge is 0.334 e. The standard InChI is InChI=1S/C30H25NO2/c1-23(32)31-28-20-12-11-19-27(28)30(25-15-7-3-8-16-25,26-17-9-4-10-18-26)33-29(31)22-21-24-13-5-2-6-14-24/h2-22,29H,1H3/b22-21+. The Hall–Kier alpha value is -3.95. The predicted molar refractivity (Wildman–Crippen MR) is 133 cm³/mol. The van der Waals surface area contributed by atoms with Crippen molar-refractivity contribution < 1.29 is 9.53 Å². The molecule has 1 heterocycles. The Balaban J connectivity index is 1.76. The second-order valence-corrected chi connectivity index (χ2v) is 8.10. The first-order valence-corrected chi connectivity index (χ1v) is 11.1. The van der Waals surface area contributed by atoms with Gasteiger partial charge in [-0.3, -0.25) is 9.69 Å². The summed E-state index contributed by atoms with van der Waals surface area (Å²) < 4.78 is 6.99. The van der Waals surface area contributed by atoms with Crippen LogP contribution in [0.15, 0.2) is 121 Å². The Labute approximate surface area is 194 Å². The summed E-state index contributed by atoms with van der Waals surface area (Å²) in [6.45, 7) is 1.58. The van der Waals surface area contributed by atoms with Crippen molar-refractivity contribution in [1.82, 2.24) is 0 Å². The number of nitrogens with zero attached hydrogens (tertiary/aromatic N) is 1. The Morgan fingerprint density at radius 2 is 1.27 bits per heavy atom. The van der Waals surface area contributed by atoms with Gasteiger partial charge in [0.15, 0.2) is 6.23 Å². The fraction of sp³-hybridized carbons (Fsp3) is 0.100. The zero-order valence-corrected chi connectivity index (χ0v) is 18.5. The lowest BCUT2D eigenvalue weighted by atomic mass is 9.78. The molecule has 5 rings (SSSR count). The van der Waals surface area contributed by atoms with E-state index < -0.39 is 11.8 Å². The minimum Gasteiger partial charge on any atom is -0.334 e. The van der Waals surface area contributed by atoms with Crippen LogP contribution in [0.5, 0.6) is 0 Å². The summed E-state index contributed by atoms with van der Waals surface area (Å²) in [7, 11) is 0. The van der Waals surface area contributed by atoms with Crippen molar-refractivity contribution in [3.63, 3.8) is 0 Å². The van der Waals surface area contributed by atoms with Crippen molar-refractivity contribution in [2.75, 3.05) is 4.90 Å². The Kier molecular flexibility index (Phi) is 5.64. The number of anilines is 1. The molecule has 0 aromatic heterocycles. The third-order valence-electron chi connectivity index (χ3n) is 6.05. The van der Waals surface area contributed by atoms with Gasteiger partial charge in [0.2, 0.25) is 5.91 Å². The fourth-order valence-electron chi connectivity index (χ4n) is 4.61. The molecule has 162 valence electrons. The first-order valence-electron chi connectivity index (χ1n) is 11.1. The summed E-state index contributed by atoms with van der Waals surface area (Å²) in [4.78, 5) is 14.6. The number of hydrogen-bond donors (Lipinski definition) is 0. The van der Waals surface area contributed by atoms with E-state index in [4.69, 9.17) is 4.74 Å². The number of rotatable bonds is 4. The van der Waals surface area contributed by atoms with Crippen LogP contribution < -0.4 is 4.90 Å². The maximum atomic E-state index is 12.9. The lowest BCUT2D eigenvalue weighted by molar-refractivity contribution is -0.121. The predicted octanol–water partition coefficient (Wildman–Crippen LogP) is 6.40. The molecular weight excluding hydrogens is 406 g/mol. The van der Waals surface area contributed by atoms with Crippen molar-refractivity contribution in [2.45, 2.75) is 18.8 Å². The van der Waals surface area contributed by atoms with E-state index in [-0.39, 0.29) is 5.91 Å². The quantitative estimate of drug-likeness (QED) is 0.374. The second kappa shape index (κ2) is 8.89. The Bertz CT molecular complexity index is 1230. The van der Waals surface area contributed by atoms with Crippen molar-refractivity contribution in [1.29, 1.82) is 0 Å². The van der Waals surface area contributed by atoms with E-state index in [0.717, 1.165) is 27.9 Å². The minimum atomic E-state index is -0.864. The lowest BCUT2D eigenvalue weighted by Crippen LogP contribution is -2.51. The molecule has 0 radical (unpaired) electrons. The van der Waals surface area contributed by atoms with Crippen molar-refractivity contribution in [3.8, 4) is 0 Å². The smallest absolute Gasteiger partial charge is 0.226 e. The van der Waals surface area contributed by atoms with Gasteiger partial charge in [-0.2, -0.15) is 0 Å². The summed E-state index contributed by atoms with van der Waals surface area (Å²) in [5, 5.41) is 0. The molecule has 1 aliphatic rings. The minimum absolute atomic E-state index is 0.0696. The van der Waals surface area contributed by atoms with Gasteiger partial charge < -0.3 is 4.74 Å². The molecule has 1 unspecified atom stereocenters. The fourth-order valence-corrected chi connectivity index (χ4v) is 4.61. The van der Waals surface area contributed by atoms with Gasteiger partial charge in [0.1, 0.15) is 5.60 Å². The molecule has 1 aliphatic heterocycles.